The van der Waals surface area contributed by atoms with Gasteiger partial charge in [-0.15, -0.1) is 0 Å². The van der Waals surface area contributed by atoms with E-state index in [-0.39, 0.29) is 28.7 Å². The summed E-state index contributed by atoms with van der Waals surface area (Å²) in [5.74, 6) is -0.411. The lowest BCUT2D eigenvalue weighted by atomic mass is 10.1. The van der Waals surface area contributed by atoms with E-state index in [2.05, 4.69) is 10.3 Å². The molecular weight excluding hydrogens is 484 g/mol. The first-order valence-corrected chi connectivity index (χ1v) is 11.8. The molecule has 0 aliphatic rings. The van der Waals surface area contributed by atoms with Crippen LogP contribution in [0.1, 0.15) is 20.7 Å². The van der Waals surface area contributed by atoms with Gasteiger partial charge in [-0.25, -0.2) is 9.78 Å². The molecule has 4 aromatic rings. The van der Waals surface area contributed by atoms with Crippen molar-refractivity contribution in [2.75, 3.05) is 31.9 Å². The molecule has 0 aliphatic carbocycles. The van der Waals surface area contributed by atoms with Crippen molar-refractivity contribution in [1.29, 1.82) is 0 Å². The number of rotatable bonds is 10. The zero-order valence-corrected chi connectivity index (χ0v) is 20.3. The Labute approximate surface area is 210 Å². The van der Waals surface area contributed by atoms with Crippen LogP contribution in [0.4, 0.5) is 5.69 Å². The molecule has 0 bridgehead atoms. The van der Waals surface area contributed by atoms with Crippen LogP contribution < -0.4 is 14.8 Å². The molecule has 0 saturated heterocycles. The number of amides is 1. The molecule has 36 heavy (non-hydrogen) atoms. The van der Waals surface area contributed by atoms with Crippen LogP contribution in [0, 0.1) is 0 Å². The second-order valence-electron chi connectivity index (χ2n) is 7.43. The van der Waals surface area contributed by atoms with Crippen molar-refractivity contribution in [2.24, 2.45) is 0 Å². The van der Waals surface area contributed by atoms with Crippen LogP contribution in [-0.2, 0) is 9.53 Å². The highest BCUT2D eigenvalue weighted by Gasteiger charge is 2.16. The van der Waals surface area contributed by atoms with Gasteiger partial charge in [0.2, 0.25) is 5.91 Å². The van der Waals surface area contributed by atoms with E-state index in [1.165, 1.54) is 32.4 Å². The second kappa shape index (κ2) is 11.4. The third kappa shape index (κ3) is 6.02. The monoisotopic (exact) mass is 506 g/mol. The number of thioether (sulfide) groups is 1. The fourth-order valence-corrected chi connectivity index (χ4v) is 3.87. The van der Waals surface area contributed by atoms with Crippen molar-refractivity contribution in [1.82, 2.24) is 4.98 Å². The highest BCUT2D eigenvalue weighted by atomic mass is 32.2. The first kappa shape index (κ1) is 24.8. The summed E-state index contributed by atoms with van der Waals surface area (Å²) in [7, 11) is 2.98. The van der Waals surface area contributed by atoms with Gasteiger partial charge in [-0.3, -0.25) is 9.59 Å². The molecule has 1 amide bonds. The third-order valence-corrected chi connectivity index (χ3v) is 5.88. The van der Waals surface area contributed by atoms with Crippen LogP contribution >= 0.6 is 11.8 Å². The van der Waals surface area contributed by atoms with Crippen LogP contribution in [0.15, 0.2) is 76.4 Å². The minimum Gasteiger partial charge on any atom is -0.497 e. The summed E-state index contributed by atoms with van der Waals surface area (Å²) in [6, 6.07) is 18.2. The van der Waals surface area contributed by atoms with Gasteiger partial charge in [-0.1, -0.05) is 23.9 Å². The van der Waals surface area contributed by atoms with Crippen LogP contribution in [0.25, 0.3) is 11.1 Å². The Morgan fingerprint density at radius 2 is 1.69 bits per heavy atom. The molecule has 0 unspecified atom stereocenters. The predicted molar refractivity (Wildman–Crippen MR) is 134 cm³/mol. The van der Waals surface area contributed by atoms with Gasteiger partial charge < -0.3 is 23.9 Å². The summed E-state index contributed by atoms with van der Waals surface area (Å²) in [5, 5.41) is 3.09. The van der Waals surface area contributed by atoms with Crippen molar-refractivity contribution in [3.63, 3.8) is 0 Å². The molecule has 0 aliphatic heterocycles. The largest absolute Gasteiger partial charge is 0.497 e. The fourth-order valence-electron chi connectivity index (χ4n) is 3.23. The number of ether oxygens (including phenoxy) is 3. The minimum absolute atomic E-state index is 0.0288. The van der Waals surface area contributed by atoms with E-state index >= 15 is 0 Å². The van der Waals surface area contributed by atoms with Crippen LogP contribution in [0.2, 0.25) is 0 Å². The average molecular weight is 507 g/mol. The molecule has 0 saturated carbocycles. The molecule has 184 valence electrons. The van der Waals surface area contributed by atoms with Gasteiger partial charge >= 0.3 is 5.97 Å². The maximum Gasteiger partial charge on any atom is 0.338 e. The van der Waals surface area contributed by atoms with Crippen LogP contribution in [-0.4, -0.2) is 49.2 Å². The quantitative estimate of drug-likeness (QED) is 0.187. The van der Waals surface area contributed by atoms with E-state index in [0.29, 0.717) is 33.4 Å². The number of nitrogens with one attached hydrogen (secondary N) is 1. The number of Topliss-reactive ketones (excluding diaryl/α,β-unsaturated/α-hetero) is 1. The standard InChI is InChI=1S/C26H22N2O7S/c1-32-18-10-7-16(8-11-18)21(29)14-34-25(31)17-9-12-22(33-2)20(13-17)27-24(30)15-36-26-28-19-5-3-4-6-23(19)35-26/h3-13H,14-15H2,1-2H3,(H,27,30). The second-order valence-corrected chi connectivity index (χ2v) is 8.35. The highest BCUT2D eigenvalue weighted by Crippen LogP contribution is 2.27. The number of benzene rings is 3. The van der Waals surface area contributed by atoms with Gasteiger partial charge in [0, 0.05) is 5.56 Å². The van der Waals surface area contributed by atoms with Gasteiger partial charge in [-0.2, -0.15) is 0 Å². The minimum atomic E-state index is -0.712. The van der Waals surface area contributed by atoms with E-state index in [9.17, 15) is 14.4 Å². The smallest absolute Gasteiger partial charge is 0.338 e. The van der Waals surface area contributed by atoms with E-state index < -0.39 is 12.6 Å². The SMILES string of the molecule is COc1ccc(C(=O)COC(=O)c2ccc(OC)c(NC(=O)CSc3nc4ccccc4o3)c2)cc1. The van der Waals surface area contributed by atoms with Gasteiger partial charge in [0.1, 0.15) is 17.0 Å². The first-order valence-electron chi connectivity index (χ1n) is 10.8. The lowest BCUT2D eigenvalue weighted by Gasteiger charge is -2.12. The number of fused-ring (bicyclic) bond motifs is 1. The molecule has 1 N–H and O–H groups in total. The number of hydrogen-bond donors (Lipinski definition) is 1. The summed E-state index contributed by atoms with van der Waals surface area (Å²) in [5.41, 5.74) is 2.18. The molecule has 1 aromatic heterocycles. The molecule has 3 aromatic carbocycles. The third-order valence-electron chi connectivity index (χ3n) is 5.06. The molecular formula is C26H22N2O7S. The number of oxazole rings is 1. The van der Waals surface area contributed by atoms with Crippen molar-refractivity contribution in [3.8, 4) is 11.5 Å². The summed E-state index contributed by atoms with van der Waals surface area (Å²) >= 11 is 1.14. The number of ketones is 1. The Morgan fingerprint density at radius 1 is 0.944 bits per heavy atom. The molecule has 10 heteroatoms. The topological polar surface area (TPSA) is 117 Å². The number of anilines is 1. The molecule has 0 fully saturated rings. The number of carbonyl (C=O) groups excluding carboxylic acids is 3. The summed E-state index contributed by atoms with van der Waals surface area (Å²) in [6.45, 7) is -0.431. The number of nitrogens with zero attached hydrogens (tertiary/aromatic N) is 1. The Hall–Kier alpha value is -4.31. The first-order chi connectivity index (χ1) is 17.5. The zero-order valence-electron chi connectivity index (χ0n) is 19.5. The number of esters is 1. The summed E-state index contributed by atoms with van der Waals surface area (Å²) < 4.78 is 21.1. The normalized spacial score (nSPS) is 10.6. The van der Waals surface area contributed by atoms with E-state index in [1.54, 1.807) is 30.3 Å². The maximum atomic E-state index is 12.5. The number of aromatic nitrogens is 1. The lowest BCUT2D eigenvalue weighted by Crippen LogP contribution is -2.17. The van der Waals surface area contributed by atoms with Gasteiger partial charge in [-0.05, 0) is 54.6 Å². The van der Waals surface area contributed by atoms with E-state index in [0.717, 1.165) is 11.8 Å². The fraction of sp³-hybridized carbons (Fsp3) is 0.154. The number of hydrogen-bond acceptors (Lipinski definition) is 9. The van der Waals surface area contributed by atoms with E-state index in [1.807, 2.05) is 18.2 Å². The van der Waals surface area contributed by atoms with Crippen molar-refractivity contribution >= 4 is 46.2 Å². The molecule has 0 spiro atoms. The molecule has 9 nitrogen and oxygen atoms in total. The van der Waals surface area contributed by atoms with Crippen molar-refractivity contribution < 1.29 is 33.0 Å². The van der Waals surface area contributed by atoms with Gasteiger partial charge in [0.15, 0.2) is 18.0 Å². The molecule has 0 atom stereocenters. The number of carbonyl (C=O) groups is 3. The average Bonchev–Trinajstić information content (AvgIpc) is 3.33. The van der Waals surface area contributed by atoms with E-state index in [4.69, 9.17) is 18.6 Å². The molecule has 0 radical (unpaired) electrons. The van der Waals surface area contributed by atoms with Gasteiger partial charge in [0.25, 0.3) is 5.22 Å². The predicted octanol–water partition coefficient (Wildman–Crippen LogP) is 4.62. The summed E-state index contributed by atoms with van der Waals surface area (Å²) in [6.07, 6.45) is 0. The van der Waals surface area contributed by atoms with Crippen molar-refractivity contribution in [2.45, 2.75) is 5.22 Å². The van der Waals surface area contributed by atoms with Crippen LogP contribution in [0.5, 0.6) is 11.5 Å². The van der Waals surface area contributed by atoms with Gasteiger partial charge in [0.05, 0.1) is 31.2 Å². The molecule has 4 rings (SSSR count). The Bertz CT molecular complexity index is 1370. The number of methoxy groups -OCH3 is 2. The Kier molecular flexibility index (Phi) is 7.86. The van der Waals surface area contributed by atoms with Crippen LogP contribution in [0.3, 0.4) is 0 Å². The molecule has 1 heterocycles. The van der Waals surface area contributed by atoms with Crippen molar-refractivity contribution in [3.05, 3.63) is 77.9 Å². The summed E-state index contributed by atoms with van der Waals surface area (Å²) in [4.78, 5) is 41.7. The Balaban J connectivity index is 1.36. The highest BCUT2D eigenvalue weighted by molar-refractivity contribution is 7.99. The number of para-hydroxylation sites is 2. The maximum absolute atomic E-state index is 12.5. The Morgan fingerprint density at radius 3 is 2.42 bits per heavy atom. The lowest BCUT2D eigenvalue weighted by molar-refractivity contribution is -0.113. The zero-order chi connectivity index (χ0) is 25.5.